The number of oxazole rings is 1. The molecule has 5 nitrogen and oxygen atoms in total. The van der Waals surface area contributed by atoms with Gasteiger partial charge in [-0.25, -0.2) is 4.98 Å². The molecule has 0 bridgehead atoms. The zero-order valence-corrected chi connectivity index (χ0v) is 18.9. The first-order chi connectivity index (χ1) is 13.1. The summed E-state index contributed by atoms with van der Waals surface area (Å²) < 4.78 is 5.60. The lowest BCUT2D eigenvalue weighted by Gasteiger charge is -2.11. The fraction of sp³-hybridized carbons (Fsp3) is 0.273. The quantitative estimate of drug-likeness (QED) is 0.304. The number of aryl methyl sites for hydroxylation is 2. The highest BCUT2D eigenvalue weighted by Crippen LogP contribution is 2.19. The van der Waals surface area contributed by atoms with Crippen LogP contribution in [0.5, 0.6) is 0 Å². The molecule has 2 N–H and O–H groups in total. The highest BCUT2D eigenvalue weighted by atomic mass is 127. The van der Waals surface area contributed by atoms with Gasteiger partial charge in [0.2, 0.25) is 5.89 Å². The van der Waals surface area contributed by atoms with Gasteiger partial charge in [0, 0.05) is 32.1 Å². The molecule has 3 aromatic rings. The van der Waals surface area contributed by atoms with Crippen molar-refractivity contribution in [2.24, 2.45) is 4.99 Å². The number of benzene rings is 2. The third-order valence-electron chi connectivity index (χ3n) is 4.33. The van der Waals surface area contributed by atoms with E-state index >= 15 is 0 Å². The Labute approximate surface area is 183 Å². The van der Waals surface area contributed by atoms with Gasteiger partial charge in [0.25, 0.3) is 0 Å². The Morgan fingerprint density at radius 1 is 0.964 bits per heavy atom. The van der Waals surface area contributed by atoms with Crippen molar-refractivity contribution in [3.8, 4) is 11.5 Å². The van der Waals surface area contributed by atoms with Gasteiger partial charge >= 0.3 is 0 Å². The molecular weight excluding hydrogens is 463 g/mol. The van der Waals surface area contributed by atoms with Crippen molar-refractivity contribution in [1.82, 2.24) is 15.6 Å². The molecule has 0 unspecified atom stereocenters. The molecule has 3 rings (SSSR count). The van der Waals surface area contributed by atoms with Gasteiger partial charge in [-0.2, -0.15) is 0 Å². The van der Waals surface area contributed by atoms with E-state index in [2.05, 4.69) is 70.9 Å². The molecule has 0 fully saturated rings. The van der Waals surface area contributed by atoms with Crippen LogP contribution in [0.2, 0.25) is 0 Å². The number of halogens is 1. The van der Waals surface area contributed by atoms with Crippen molar-refractivity contribution < 1.29 is 4.42 Å². The monoisotopic (exact) mass is 490 g/mol. The number of aliphatic imine (C=N–C) groups is 1. The van der Waals surface area contributed by atoms with Gasteiger partial charge in [0.1, 0.15) is 6.26 Å². The van der Waals surface area contributed by atoms with Crippen LogP contribution in [0.1, 0.15) is 22.4 Å². The molecule has 0 aliphatic carbocycles. The molecule has 0 radical (unpaired) electrons. The number of guanidine groups is 1. The minimum atomic E-state index is 0. The lowest BCUT2D eigenvalue weighted by molar-refractivity contribution is 0.572. The summed E-state index contributed by atoms with van der Waals surface area (Å²) in [5, 5.41) is 6.64. The molecule has 0 aliphatic heterocycles. The average molecular weight is 490 g/mol. The van der Waals surface area contributed by atoms with E-state index in [0.717, 1.165) is 36.7 Å². The van der Waals surface area contributed by atoms with Crippen LogP contribution in [0.25, 0.3) is 11.5 Å². The minimum absolute atomic E-state index is 0. The Bertz CT molecular complexity index is 886. The summed E-state index contributed by atoms with van der Waals surface area (Å²) in [7, 11) is 1.77. The lowest BCUT2D eigenvalue weighted by atomic mass is 10.1. The van der Waals surface area contributed by atoms with Crippen molar-refractivity contribution in [3.05, 3.63) is 77.2 Å². The van der Waals surface area contributed by atoms with Crippen LogP contribution in [-0.4, -0.2) is 24.5 Å². The molecule has 0 aliphatic rings. The molecule has 2 aromatic carbocycles. The maximum atomic E-state index is 5.60. The summed E-state index contributed by atoms with van der Waals surface area (Å²) in [6, 6.07) is 16.6. The van der Waals surface area contributed by atoms with Crippen molar-refractivity contribution >= 4 is 29.9 Å². The van der Waals surface area contributed by atoms with Gasteiger partial charge in [0.15, 0.2) is 5.96 Å². The van der Waals surface area contributed by atoms with E-state index < -0.39 is 0 Å². The highest BCUT2D eigenvalue weighted by molar-refractivity contribution is 14.0. The Morgan fingerprint density at radius 2 is 1.61 bits per heavy atom. The first kappa shape index (κ1) is 21.9. The van der Waals surface area contributed by atoms with E-state index in [1.165, 1.54) is 16.7 Å². The Hall–Kier alpha value is -2.35. The van der Waals surface area contributed by atoms with E-state index in [-0.39, 0.29) is 24.0 Å². The van der Waals surface area contributed by atoms with Crippen LogP contribution in [0.4, 0.5) is 0 Å². The topological polar surface area (TPSA) is 62.5 Å². The fourth-order valence-corrected chi connectivity index (χ4v) is 2.67. The predicted molar refractivity (Wildman–Crippen MR) is 125 cm³/mol. The summed E-state index contributed by atoms with van der Waals surface area (Å²) in [5.74, 6) is 1.43. The highest BCUT2D eigenvalue weighted by Gasteiger charge is 2.07. The number of hydrogen-bond acceptors (Lipinski definition) is 3. The van der Waals surface area contributed by atoms with Crippen LogP contribution >= 0.6 is 24.0 Å². The maximum absolute atomic E-state index is 5.60. The van der Waals surface area contributed by atoms with Gasteiger partial charge in [-0.3, -0.25) is 4.99 Å². The van der Waals surface area contributed by atoms with Gasteiger partial charge in [0.05, 0.1) is 5.69 Å². The maximum Gasteiger partial charge on any atom is 0.226 e. The normalized spacial score (nSPS) is 11.0. The van der Waals surface area contributed by atoms with E-state index in [4.69, 9.17) is 4.42 Å². The van der Waals surface area contributed by atoms with Gasteiger partial charge < -0.3 is 15.1 Å². The SMILES string of the molecule is CN=C(NCCc1coc(-c2ccc(C)cc2)n1)NCc1ccc(C)cc1.I. The molecule has 6 heteroatoms. The zero-order chi connectivity index (χ0) is 19.1. The molecule has 148 valence electrons. The molecule has 0 saturated carbocycles. The summed E-state index contributed by atoms with van der Waals surface area (Å²) >= 11 is 0. The van der Waals surface area contributed by atoms with Gasteiger partial charge in [-0.05, 0) is 31.5 Å². The lowest BCUT2D eigenvalue weighted by Crippen LogP contribution is -2.37. The van der Waals surface area contributed by atoms with Crippen LogP contribution in [-0.2, 0) is 13.0 Å². The second kappa shape index (κ2) is 10.8. The second-order valence-electron chi connectivity index (χ2n) is 6.60. The average Bonchev–Trinajstić information content (AvgIpc) is 3.15. The third-order valence-corrected chi connectivity index (χ3v) is 4.33. The molecule has 0 spiro atoms. The summed E-state index contributed by atoms with van der Waals surface area (Å²) in [6.45, 7) is 5.62. The van der Waals surface area contributed by atoms with Crippen LogP contribution in [0.3, 0.4) is 0 Å². The predicted octanol–water partition coefficient (Wildman–Crippen LogP) is 4.48. The Kier molecular flexibility index (Phi) is 8.50. The smallest absolute Gasteiger partial charge is 0.226 e. The summed E-state index contributed by atoms with van der Waals surface area (Å²) in [5.41, 5.74) is 5.63. The fourth-order valence-electron chi connectivity index (χ4n) is 2.67. The zero-order valence-electron chi connectivity index (χ0n) is 16.5. The van der Waals surface area contributed by atoms with Crippen molar-refractivity contribution in [2.45, 2.75) is 26.8 Å². The number of rotatable bonds is 6. The Morgan fingerprint density at radius 3 is 2.25 bits per heavy atom. The minimum Gasteiger partial charge on any atom is -0.444 e. The molecule has 0 atom stereocenters. The number of hydrogen-bond donors (Lipinski definition) is 2. The Balaban J connectivity index is 0.00000280. The number of aromatic nitrogens is 1. The standard InChI is InChI=1S/C22H26N4O.HI/c1-16-4-8-18(9-5-16)14-25-22(23-3)24-13-12-20-15-27-21(26-20)19-10-6-17(2)7-11-19;/h4-11,15H,12-14H2,1-3H3,(H2,23,24,25);1H. The van der Waals surface area contributed by atoms with Gasteiger partial charge in [-0.1, -0.05) is 47.5 Å². The molecule has 1 heterocycles. The van der Waals surface area contributed by atoms with Crippen LogP contribution in [0, 0.1) is 13.8 Å². The number of nitrogens with one attached hydrogen (secondary N) is 2. The van der Waals surface area contributed by atoms with Crippen molar-refractivity contribution in [2.75, 3.05) is 13.6 Å². The van der Waals surface area contributed by atoms with Crippen LogP contribution < -0.4 is 10.6 Å². The van der Waals surface area contributed by atoms with Crippen molar-refractivity contribution in [1.29, 1.82) is 0 Å². The van der Waals surface area contributed by atoms with Crippen LogP contribution in [0.15, 0.2) is 64.2 Å². The van der Waals surface area contributed by atoms with E-state index in [9.17, 15) is 0 Å². The largest absolute Gasteiger partial charge is 0.444 e. The number of nitrogens with zero attached hydrogens (tertiary/aromatic N) is 2. The van der Waals surface area contributed by atoms with E-state index in [0.29, 0.717) is 5.89 Å². The third kappa shape index (κ3) is 6.37. The first-order valence-corrected chi connectivity index (χ1v) is 9.15. The first-order valence-electron chi connectivity index (χ1n) is 9.15. The summed E-state index contributed by atoms with van der Waals surface area (Å²) in [6.07, 6.45) is 2.49. The molecular formula is C22H27IN4O. The van der Waals surface area contributed by atoms with E-state index in [1.54, 1.807) is 13.3 Å². The van der Waals surface area contributed by atoms with Gasteiger partial charge in [-0.15, -0.1) is 24.0 Å². The summed E-state index contributed by atoms with van der Waals surface area (Å²) in [4.78, 5) is 8.83. The second-order valence-corrected chi connectivity index (χ2v) is 6.60. The van der Waals surface area contributed by atoms with Crippen molar-refractivity contribution in [3.63, 3.8) is 0 Å². The molecule has 0 saturated heterocycles. The van der Waals surface area contributed by atoms with E-state index in [1.807, 2.05) is 12.1 Å². The molecule has 28 heavy (non-hydrogen) atoms. The molecule has 0 amide bonds. The molecule has 1 aromatic heterocycles.